The molecule has 1 aromatic heterocycles. The lowest BCUT2D eigenvalue weighted by Crippen LogP contribution is -2.35. The second-order valence-electron chi connectivity index (χ2n) is 12.0. The van der Waals surface area contributed by atoms with Crippen molar-refractivity contribution in [3.63, 3.8) is 0 Å². The minimum Gasteiger partial charge on any atom is -0.497 e. The third kappa shape index (κ3) is 4.66. The Morgan fingerprint density at radius 3 is 1.85 bits per heavy atom. The molecule has 0 saturated carbocycles. The first kappa shape index (κ1) is 29.3. The third-order valence-corrected chi connectivity index (χ3v) is 9.25. The summed E-state index contributed by atoms with van der Waals surface area (Å²) in [5, 5.41) is 2.47. The van der Waals surface area contributed by atoms with E-state index in [1.54, 1.807) is 20.5 Å². The summed E-state index contributed by atoms with van der Waals surface area (Å²) < 4.78 is 24.8. The van der Waals surface area contributed by atoms with E-state index in [0.29, 0.717) is 22.5 Å². The standard InChI is InChI=1S/C43H32O5/c1-27-13-15-28(16-14-27)36-25-43(30-17-21-32(45-2)22-18-30,31-19-23-33(46-3)24-20-31)48-42-35-12-8-7-11-34(35)41-39(38(36)42)37(26-47-41)40(44)29-9-5-4-6-10-29/h4-26H,1-3H3. The van der Waals surface area contributed by atoms with Crippen molar-refractivity contribution in [2.45, 2.75) is 12.5 Å². The number of carbonyl (C=O) groups excluding carboxylic acids is 1. The zero-order valence-electron chi connectivity index (χ0n) is 26.8. The first-order chi connectivity index (χ1) is 23.5. The van der Waals surface area contributed by atoms with Crippen LogP contribution < -0.4 is 14.2 Å². The van der Waals surface area contributed by atoms with Crippen LogP contribution >= 0.6 is 0 Å². The molecule has 1 aliphatic rings. The Kier molecular flexibility index (Phi) is 7.10. The number of benzene rings is 6. The highest BCUT2D eigenvalue weighted by atomic mass is 16.5. The van der Waals surface area contributed by atoms with E-state index < -0.39 is 5.60 Å². The van der Waals surface area contributed by atoms with Gasteiger partial charge in [-0.15, -0.1) is 0 Å². The molecule has 234 valence electrons. The van der Waals surface area contributed by atoms with Gasteiger partial charge in [0, 0.05) is 38.4 Å². The predicted octanol–water partition coefficient (Wildman–Crippen LogP) is 9.91. The molecule has 48 heavy (non-hydrogen) atoms. The van der Waals surface area contributed by atoms with Gasteiger partial charge in [0.15, 0.2) is 11.4 Å². The average Bonchev–Trinajstić information content (AvgIpc) is 3.60. The first-order valence-electron chi connectivity index (χ1n) is 15.8. The molecule has 2 heterocycles. The lowest BCUT2D eigenvalue weighted by atomic mass is 9.78. The van der Waals surface area contributed by atoms with Crippen molar-refractivity contribution in [1.82, 2.24) is 0 Å². The van der Waals surface area contributed by atoms with E-state index in [2.05, 4.69) is 43.3 Å². The maximum Gasteiger partial charge on any atom is 0.196 e. The molecule has 0 unspecified atom stereocenters. The van der Waals surface area contributed by atoms with Gasteiger partial charge in [0.05, 0.1) is 19.8 Å². The second-order valence-corrected chi connectivity index (χ2v) is 12.0. The van der Waals surface area contributed by atoms with Gasteiger partial charge < -0.3 is 18.6 Å². The van der Waals surface area contributed by atoms with E-state index in [0.717, 1.165) is 61.0 Å². The molecule has 0 bridgehead atoms. The molecule has 0 saturated heterocycles. The van der Waals surface area contributed by atoms with Crippen molar-refractivity contribution in [3.8, 4) is 17.2 Å². The fourth-order valence-corrected chi connectivity index (χ4v) is 6.76. The SMILES string of the molecule is COc1ccc(C2(c3ccc(OC)cc3)C=C(c3ccc(C)cc3)c3c(c4ccccc4c4occ(C(=O)c5ccccc5)c34)O2)cc1. The minimum atomic E-state index is -1.06. The number of aryl methyl sites for hydroxylation is 1. The van der Waals surface area contributed by atoms with Crippen LogP contribution in [0.4, 0.5) is 0 Å². The van der Waals surface area contributed by atoms with Crippen molar-refractivity contribution in [2.24, 2.45) is 0 Å². The largest absolute Gasteiger partial charge is 0.497 e. The maximum atomic E-state index is 14.2. The van der Waals surface area contributed by atoms with Gasteiger partial charge in [-0.2, -0.15) is 0 Å². The Labute approximate surface area is 278 Å². The van der Waals surface area contributed by atoms with E-state index >= 15 is 0 Å². The molecule has 0 amide bonds. The number of fused-ring (bicyclic) bond motifs is 6. The molecule has 5 heteroatoms. The summed E-state index contributed by atoms with van der Waals surface area (Å²) in [6, 6.07) is 41.8. The number of methoxy groups -OCH3 is 2. The Morgan fingerprint density at radius 1 is 0.667 bits per heavy atom. The van der Waals surface area contributed by atoms with Gasteiger partial charge in [0.2, 0.25) is 0 Å². The Balaban J connectivity index is 1.51. The van der Waals surface area contributed by atoms with Crippen LogP contribution in [0.5, 0.6) is 17.2 Å². The summed E-state index contributed by atoms with van der Waals surface area (Å²) >= 11 is 0. The van der Waals surface area contributed by atoms with Gasteiger partial charge in [0.25, 0.3) is 0 Å². The van der Waals surface area contributed by atoms with Crippen LogP contribution in [0.1, 0.15) is 43.7 Å². The van der Waals surface area contributed by atoms with Crippen LogP contribution in [0, 0.1) is 6.92 Å². The van der Waals surface area contributed by atoms with Crippen LogP contribution in [-0.4, -0.2) is 20.0 Å². The highest BCUT2D eigenvalue weighted by molar-refractivity contribution is 6.24. The second kappa shape index (κ2) is 11.6. The number of furan rings is 1. The third-order valence-electron chi connectivity index (χ3n) is 9.25. The highest BCUT2D eigenvalue weighted by Gasteiger charge is 2.42. The van der Waals surface area contributed by atoms with Gasteiger partial charge in [0.1, 0.15) is 29.1 Å². The molecule has 0 N–H and O–H groups in total. The van der Waals surface area contributed by atoms with Crippen LogP contribution in [-0.2, 0) is 5.60 Å². The van der Waals surface area contributed by atoms with Gasteiger partial charge in [-0.05, 0) is 48.4 Å². The van der Waals surface area contributed by atoms with E-state index in [1.165, 1.54) is 0 Å². The quantitative estimate of drug-likeness (QED) is 0.165. The molecule has 8 rings (SSSR count). The van der Waals surface area contributed by atoms with E-state index in [1.807, 2.05) is 97.1 Å². The van der Waals surface area contributed by atoms with Crippen molar-refractivity contribution in [1.29, 1.82) is 0 Å². The van der Waals surface area contributed by atoms with Crippen molar-refractivity contribution in [3.05, 3.63) is 179 Å². The monoisotopic (exact) mass is 628 g/mol. The summed E-state index contributed by atoms with van der Waals surface area (Å²) in [4.78, 5) is 14.2. The summed E-state index contributed by atoms with van der Waals surface area (Å²) in [5.41, 5.74) is 6.39. The number of ether oxygens (including phenoxy) is 3. The van der Waals surface area contributed by atoms with Crippen LogP contribution in [0.2, 0.25) is 0 Å². The lowest BCUT2D eigenvalue weighted by molar-refractivity contribution is 0.103. The fraction of sp³-hybridized carbons (Fsp3) is 0.0930. The molecule has 6 aromatic carbocycles. The zero-order chi connectivity index (χ0) is 32.8. The molecular formula is C43H32O5. The van der Waals surface area contributed by atoms with Gasteiger partial charge in [-0.25, -0.2) is 0 Å². The lowest BCUT2D eigenvalue weighted by Gasteiger charge is -2.39. The van der Waals surface area contributed by atoms with Gasteiger partial charge >= 0.3 is 0 Å². The Bertz CT molecular complexity index is 2280. The molecule has 1 aliphatic heterocycles. The highest BCUT2D eigenvalue weighted by Crippen LogP contribution is 2.53. The summed E-state index contributed by atoms with van der Waals surface area (Å²) in [7, 11) is 3.32. The minimum absolute atomic E-state index is 0.114. The smallest absolute Gasteiger partial charge is 0.196 e. The van der Waals surface area contributed by atoms with Gasteiger partial charge in [-0.3, -0.25) is 4.79 Å². The molecular weight excluding hydrogens is 596 g/mol. The van der Waals surface area contributed by atoms with Gasteiger partial charge in [-0.1, -0.05) is 109 Å². The average molecular weight is 629 g/mol. The number of hydrogen-bond acceptors (Lipinski definition) is 5. The van der Waals surface area contributed by atoms with E-state index in [4.69, 9.17) is 18.6 Å². The number of carbonyl (C=O) groups is 1. The van der Waals surface area contributed by atoms with Crippen LogP contribution in [0.25, 0.3) is 27.3 Å². The summed E-state index contributed by atoms with van der Waals surface area (Å²) in [6.45, 7) is 2.08. The maximum absolute atomic E-state index is 14.2. The molecule has 7 aromatic rings. The van der Waals surface area contributed by atoms with Crippen molar-refractivity contribution >= 4 is 33.1 Å². The predicted molar refractivity (Wildman–Crippen MR) is 189 cm³/mol. The van der Waals surface area contributed by atoms with E-state index in [-0.39, 0.29) is 5.78 Å². The summed E-state index contributed by atoms with van der Waals surface area (Å²) in [5.74, 6) is 2.05. The topological polar surface area (TPSA) is 57.9 Å². The summed E-state index contributed by atoms with van der Waals surface area (Å²) in [6.07, 6.45) is 3.77. The molecule has 0 spiro atoms. The number of hydrogen-bond donors (Lipinski definition) is 0. The molecule has 5 nitrogen and oxygen atoms in total. The molecule has 0 fully saturated rings. The normalized spacial score (nSPS) is 13.4. The first-order valence-corrected chi connectivity index (χ1v) is 15.8. The van der Waals surface area contributed by atoms with Crippen molar-refractivity contribution < 1.29 is 23.4 Å². The Morgan fingerprint density at radius 2 is 1.25 bits per heavy atom. The fourth-order valence-electron chi connectivity index (χ4n) is 6.76. The van der Waals surface area contributed by atoms with E-state index in [9.17, 15) is 4.79 Å². The number of rotatable bonds is 7. The van der Waals surface area contributed by atoms with Crippen molar-refractivity contribution in [2.75, 3.05) is 14.2 Å². The molecule has 0 aliphatic carbocycles. The number of ketones is 1. The Hall–Kier alpha value is -6.07. The molecule has 0 radical (unpaired) electrons. The molecule has 0 atom stereocenters. The zero-order valence-corrected chi connectivity index (χ0v) is 26.8. The van der Waals surface area contributed by atoms with Crippen LogP contribution in [0.3, 0.4) is 0 Å². The van der Waals surface area contributed by atoms with Crippen LogP contribution in [0.15, 0.2) is 144 Å².